The van der Waals surface area contributed by atoms with E-state index in [9.17, 15) is 20.0 Å². The van der Waals surface area contributed by atoms with Gasteiger partial charge in [0.25, 0.3) is 5.91 Å². The Morgan fingerprint density at radius 2 is 2.07 bits per heavy atom. The third-order valence-corrected chi connectivity index (χ3v) is 3.37. The minimum absolute atomic E-state index is 0.201. The van der Waals surface area contributed by atoms with Gasteiger partial charge in [0, 0.05) is 17.2 Å². The number of aromatic nitrogens is 4. The summed E-state index contributed by atoms with van der Waals surface area (Å²) in [6, 6.07) is 12.9. The van der Waals surface area contributed by atoms with Gasteiger partial charge in [0.1, 0.15) is 6.54 Å². The van der Waals surface area contributed by atoms with Crippen molar-refractivity contribution in [3.8, 4) is 17.1 Å². The van der Waals surface area contributed by atoms with Gasteiger partial charge in [-0.2, -0.15) is 9.90 Å². The first-order chi connectivity index (χ1) is 13.0. The molecular formula is C16H13N7O4. The van der Waals surface area contributed by atoms with Crippen LogP contribution in [0.3, 0.4) is 0 Å². The number of hydrazone groups is 1. The highest BCUT2D eigenvalue weighted by atomic mass is 16.6. The van der Waals surface area contributed by atoms with Gasteiger partial charge in [-0.1, -0.05) is 30.3 Å². The van der Waals surface area contributed by atoms with Crippen molar-refractivity contribution in [2.24, 2.45) is 5.10 Å². The number of carbonyl (C=O) groups excluding carboxylic acids is 1. The number of tetrazole rings is 1. The summed E-state index contributed by atoms with van der Waals surface area (Å²) in [6.45, 7) is -0.201. The van der Waals surface area contributed by atoms with Crippen LogP contribution in [0.4, 0.5) is 5.69 Å². The number of phenols is 1. The number of hydrogen-bond donors (Lipinski definition) is 2. The molecule has 136 valence electrons. The fraction of sp³-hybridized carbons (Fsp3) is 0.0625. The maximum Gasteiger partial charge on any atom is 0.311 e. The lowest BCUT2D eigenvalue weighted by molar-refractivity contribution is -0.385. The summed E-state index contributed by atoms with van der Waals surface area (Å²) >= 11 is 0. The Labute approximate surface area is 152 Å². The molecule has 0 spiro atoms. The maximum atomic E-state index is 11.9. The van der Waals surface area contributed by atoms with Gasteiger partial charge in [0.05, 0.1) is 11.1 Å². The minimum atomic E-state index is -0.716. The first-order valence-electron chi connectivity index (χ1n) is 7.65. The number of hydrogen-bond acceptors (Lipinski definition) is 8. The Morgan fingerprint density at radius 3 is 2.81 bits per heavy atom. The normalized spacial score (nSPS) is 10.8. The van der Waals surface area contributed by atoms with E-state index >= 15 is 0 Å². The van der Waals surface area contributed by atoms with Crippen molar-refractivity contribution in [1.82, 2.24) is 25.6 Å². The summed E-state index contributed by atoms with van der Waals surface area (Å²) in [4.78, 5) is 23.1. The van der Waals surface area contributed by atoms with Crippen LogP contribution < -0.4 is 5.43 Å². The van der Waals surface area contributed by atoms with Crippen LogP contribution in [0.15, 0.2) is 53.6 Å². The summed E-state index contributed by atoms with van der Waals surface area (Å²) in [5.41, 5.74) is 2.92. The van der Waals surface area contributed by atoms with E-state index in [2.05, 4.69) is 25.9 Å². The zero-order chi connectivity index (χ0) is 19.2. The molecule has 0 saturated carbocycles. The molecule has 0 aliphatic heterocycles. The standard InChI is InChI=1S/C16H13N7O4/c24-14-7-6-11(8-13(14)23(26)27)9-17-18-15(25)10-22-20-16(19-21-22)12-4-2-1-3-5-12/h1-9,24H,10H2,(H,18,25)/b17-9+. The zero-order valence-corrected chi connectivity index (χ0v) is 13.8. The minimum Gasteiger partial charge on any atom is -0.502 e. The van der Waals surface area contributed by atoms with Gasteiger partial charge in [-0.15, -0.1) is 10.2 Å². The fourth-order valence-electron chi connectivity index (χ4n) is 2.12. The van der Waals surface area contributed by atoms with Crippen LogP contribution in [-0.2, 0) is 11.3 Å². The second-order valence-corrected chi connectivity index (χ2v) is 5.31. The monoisotopic (exact) mass is 367 g/mol. The average molecular weight is 367 g/mol. The van der Waals surface area contributed by atoms with Crippen LogP contribution in [0, 0.1) is 10.1 Å². The highest BCUT2D eigenvalue weighted by Gasteiger charge is 2.13. The summed E-state index contributed by atoms with van der Waals surface area (Å²) < 4.78 is 0. The highest BCUT2D eigenvalue weighted by molar-refractivity contribution is 5.83. The molecule has 0 unspecified atom stereocenters. The van der Waals surface area contributed by atoms with Crippen LogP contribution in [0.1, 0.15) is 5.56 Å². The van der Waals surface area contributed by atoms with Crippen LogP contribution in [0.2, 0.25) is 0 Å². The summed E-state index contributed by atoms with van der Waals surface area (Å²) in [5, 5.41) is 35.7. The molecule has 11 nitrogen and oxygen atoms in total. The van der Waals surface area contributed by atoms with E-state index in [0.29, 0.717) is 11.4 Å². The van der Waals surface area contributed by atoms with E-state index < -0.39 is 22.3 Å². The van der Waals surface area contributed by atoms with E-state index in [0.717, 1.165) is 16.4 Å². The molecule has 0 aliphatic carbocycles. The molecule has 1 heterocycles. The van der Waals surface area contributed by atoms with Crippen molar-refractivity contribution in [3.05, 3.63) is 64.2 Å². The van der Waals surface area contributed by atoms with Gasteiger partial charge in [-0.05, 0) is 17.3 Å². The molecule has 0 aliphatic rings. The lowest BCUT2D eigenvalue weighted by Crippen LogP contribution is -2.24. The topological polar surface area (TPSA) is 148 Å². The maximum absolute atomic E-state index is 11.9. The SMILES string of the molecule is O=C(Cn1nnc(-c2ccccc2)n1)N/N=C/c1ccc(O)c([N+](=O)[O-])c1. The summed E-state index contributed by atoms with van der Waals surface area (Å²) in [7, 11) is 0. The summed E-state index contributed by atoms with van der Waals surface area (Å²) in [6.07, 6.45) is 1.22. The second kappa shape index (κ2) is 7.82. The number of nitrogens with one attached hydrogen (secondary N) is 1. The van der Waals surface area contributed by atoms with Crippen LogP contribution in [-0.4, -0.2) is 42.4 Å². The molecule has 0 atom stereocenters. The summed E-state index contributed by atoms with van der Waals surface area (Å²) in [5.74, 6) is -0.562. The number of rotatable bonds is 6. The lowest BCUT2D eigenvalue weighted by atomic mass is 10.2. The van der Waals surface area contributed by atoms with Gasteiger partial charge < -0.3 is 5.11 Å². The van der Waals surface area contributed by atoms with Crippen molar-refractivity contribution in [2.45, 2.75) is 6.54 Å². The van der Waals surface area contributed by atoms with Crippen molar-refractivity contribution in [3.63, 3.8) is 0 Å². The number of nitrogens with zero attached hydrogens (tertiary/aromatic N) is 6. The number of amides is 1. The van der Waals surface area contributed by atoms with E-state index in [1.807, 2.05) is 30.3 Å². The Kier molecular flexibility index (Phi) is 5.12. The molecule has 0 radical (unpaired) electrons. The van der Waals surface area contributed by atoms with Crippen molar-refractivity contribution in [1.29, 1.82) is 0 Å². The highest BCUT2D eigenvalue weighted by Crippen LogP contribution is 2.25. The van der Waals surface area contributed by atoms with E-state index in [1.54, 1.807) is 0 Å². The predicted molar refractivity (Wildman–Crippen MR) is 93.8 cm³/mol. The third-order valence-electron chi connectivity index (χ3n) is 3.37. The number of phenolic OH excluding ortho intramolecular Hbond substituents is 1. The third kappa shape index (κ3) is 4.48. The van der Waals surface area contributed by atoms with Crippen molar-refractivity contribution >= 4 is 17.8 Å². The number of benzene rings is 2. The molecule has 3 rings (SSSR count). The molecule has 0 bridgehead atoms. The quantitative estimate of drug-likeness (QED) is 0.376. The van der Waals surface area contributed by atoms with Gasteiger partial charge in [-0.3, -0.25) is 14.9 Å². The van der Waals surface area contributed by atoms with Gasteiger partial charge in [-0.25, -0.2) is 5.43 Å². The zero-order valence-electron chi connectivity index (χ0n) is 13.8. The molecule has 27 heavy (non-hydrogen) atoms. The van der Waals surface area contributed by atoms with Crippen molar-refractivity contribution in [2.75, 3.05) is 0 Å². The van der Waals surface area contributed by atoms with Crippen LogP contribution in [0.5, 0.6) is 5.75 Å². The molecule has 11 heteroatoms. The smallest absolute Gasteiger partial charge is 0.311 e. The van der Waals surface area contributed by atoms with E-state index in [4.69, 9.17) is 0 Å². The Balaban J connectivity index is 1.59. The van der Waals surface area contributed by atoms with Crippen LogP contribution in [0.25, 0.3) is 11.4 Å². The molecule has 2 aromatic carbocycles. The van der Waals surface area contributed by atoms with Gasteiger partial charge >= 0.3 is 5.69 Å². The fourth-order valence-corrected chi connectivity index (χ4v) is 2.12. The predicted octanol–water partition coefficient (Wildman–Crippen LogP) is 1.10. The Hall–Kier alpha value is -4.15. The largest absolute Gasteiger partial charge is 0.502 e. The molecule has 1 amide bonds. The first-order valence-corrected chi connectivity index (χ1v) is 7.65. The van der Waals surface area contributed by atoms with Crippen LogP contribution >= 0.6 is 0 Å². The van der Waals surface area contributed by atoms with E-state index in [1.165, 1.54) is 18.3 Å². The number of nitro benzene ring substituents is 1. The van der Waals surface area contributed by atoms with Gasteiger partial charge in [0.2, 0.25) is 5.82 Å². The first kappa shape index (κ1) is 17.7. The number of nitro groups is 1. The van der Waals surface area contributed by atoms with Gasteiger partial charge in [0.15, 0.2) is 5.75 Å². The Bertz CT molecular complexity index is 1000. The van der Waals surface area contributed by atoms with E-state index in [-0.39, 0.29) is 6.54 Å². The number of carbonyl (C=O) groups is 1. The molecule has 2 N–H and O–H groups in total. The molecular weight excluding hydrogens is 354 g/mol. The molecule has 1 aromatic heterocycles. The molecule has 3 aromatic rings. The average Bonchev–Trinajstić information content (AvgIpc) is 3.12. The molecule has 0 saturated heterocycles. The van der Waals surface area contributed by atoms with Crippen molar-refractivity contribution < 1.29 is 14.8 Å². The Morgan fingerprint density at radius 1 is 1.30 bits per heavy atom. The lowest BCUT2D eigenvalue weighted by Gasteiger charge is -1.99. The molecule has 0 fully saturated rings. The second-order valence-electron chi connectivity index (χ2n) is 5.31. The number of aromatic hydroxyl groups is 1.